The lowest BCUT2D eigenvalue weighted by molar-refractivity contribution is 0.0997. The van der Waals surface area contributed by atoms with E-state index < -0.39 is 5.91 Å². The van der Waals surface area contributed by atoms with E-state index >= 15 is 0 Å². The van der Waals surface area contributed by atoms with E-state index in [0.29, 0.717) is 4.88 Å². The Labute approximate surface area is 61.5 Å². The number of amides is 1. The second-order valence-corrected chi connectivity index (χ2v) is 2.78. The van der Waals surface area contributed by atoms with Crippen molar-refractivity contribution in [2.75, 3.05) is 0 Å². The number of aromatic nitrogens is 1. The van der Waals surface area contributed by atoms with E-state index in [1.807, 2.05) is 0 Å². The molecule has 1 aromatic heterocycles. The van der Waals surface area contributed by atoms with Crippen molar-refractivity contribution < 1.29 is 9.90 Å². The number of nitrogens with zero attached hydrogens (tertiary/aromatic N) is 1. The maximum atomic E-state index is 10.5. The Hall–Kier alpha value is -1.10. The number of rotatable bonds is 1. The Bertz CT molecular complexity index is 249. The Kier molecular flexibility index (Phi) is 1.58. The fraction of sp³-hybridized carbons (Fsp3) is 0.200. The lowest BCUT2D eigenvalue weighted by Gasteiger charge is -1.89. The van der Waals surface area contributed by atoms with Crippen molar-refractivity contribution in [2.45, 2.75) is 6.92 Å². The topological polar surface area (TPSA) is 76.2 Å². The summed E-state index contributed by atoms with van der Waals surface area (Å²) in [6.45, 7) is 1.68. The molecule has 5 heteroatoms. The van der Waals surface area contributed by atoms with Gasteiger partial charge in [-0.15, -0.1) is 0 Å². The molecule has 1 aromatic rings. The average Bonchev–Trinajstić information content (AvgIpc) is 2.11. The highest BCUT2D eigenvalue weighted by atomic mass is 32.1. The fourth-order valence-corrected chi connectivity index (χ4v) is 1.24. The molecule has 0 radical (unpaired) electrons. The van der Waals surface area contributed by atoms with Crippen LogP contribution in [0, 0.1) is 6.92 Å². The summed E-state index contributed by atoms with van der Waals surface area (Å²) < 4.78 is 3.53. The van der Waals surface area contributed by atoms with Crippen LogP contribution in [-0.2, 0) is 0 Å². The number of carbonyl (C=O) groups excluding carboxylic acids is 1. The molecular formula is C5H6N2O2S. The molecule has 0 aliphatic heterocycles. The van der Waals surface area contributed by atoms with E-state index in [0.717, 1.165) is 11.5 Å². The zero-order valence-electron chi connectivity index (χ0n) is 5.29. The number of carbonyl (C=O) groups is 1. The molecular weight excluding hydrogens is 152 g/mol. The zero-order chi connectivity index (χ0) is 7.72. The van der Waals surface area contributed by atoms with Crippen molar-refractivity contribution in [1.29, 1.82) is 0 Å². The van der Waals surface area contributed by atoms with Gasteiger partial charge < -0.3 is 10.8 Å². The largest absolute Gasteiger partial charge is 0.492 e. The molecule has 0 aliphatic carbocycles. The number of hydrogen-bond donors (Lipinski definition) is 2. The van der Waals surface area contributed by atoms with Gasteiger partial charge >= 0.3 is 0 Å². The molecule has 0 aliphatic rings. The fourth-order valence-electron chi connectivity index (χ4n) is 0.644. The Morgan fingerprint density at radius 2 is 2.40 bits per heavy atom. The summed E-state index contributed by atoms with van der Waals surface area (Å²) in [6.07, 6.45) is 0. The van der Waals surface area contributed by atoms with Crippen LogP contribution < -0.4 is 5.73 Å². The number of aryl methyl sites for hydroxylation is 1. The zero-order valence-corrected chi connectivity index (χ0v) is 6.10. The van der Waals surface area contributed by atoms with Gasteiger partial charge in [0.15, 0.2) is 0 Å². The molecule has 0 saturated carbocycles. The van der Waals surface area contributed by atoms with Gasteiger partial charge in [-0.05, 0) is 18.5 Å². The summed E-state index contributed by atoms with van der Waals surface area (Å²) in [7, 11) is 0. The molecule has 4 nitrogen and oxygen atoms in total. The Morgan fingerprint density at radius 1 is 1.80 bits per heavy atom. The summed E-state index contributed by atoms with van der Waals surface area (Å²) in [6, 6.07) is 0. The summed E-state index contributed by atoms with van der Waals surface area (Å²) in [4.78, 5) is 11.2. The van der Waals surface area contributed by atoms with Crippen LogP contribution in [0.2, 0.25) is 0 Å². The van der Waals surface area contributed by atoms with E-state index in [9.17, 15) is 4.79 Å². The molecule has 1 heterocycles. The van der Waals surface area contributed by atoms with Gasteiger partial charge in [0.1, 0.15) is 5.56 Å². The molecule has 0 fully saturated rings. The highest BCUT2D eigenvalue weighted by Crippen LogP contribution is 2.21. The van der Waals surface area contributed by atoms with Crippen LogP contribution in [0.3, 0.4) is 0 Å². The van der Waals surface area contributed by atoms with Crippen LogP contribution in [0.5, 0.6) is 5.88 Å². The van der Waals surface area contributed by atoms with E-state index in [1.54, 1.807) is 6.92 Å². The van der Waals surface area contributed by atoms with Crippen molar-refractivity contribution >= 4 is 17.4 Å². The van der Waals surface area contributed by atoms with Crippen molar-refractivity contribution in [3.8, 4) is 5.88 Å². The van der Waals surface area contributed by atoms with Crippen molar-refractivity contribution in [2.24, 2.45) is 5.73 Å². The molecule has 0 spiro atoms. The van der Waals surface area contributed by atoms with Gasteiger partial charge in [0, 0.05) is 4.88 Å². The Morgan fingerprint density at radius 3 is 2.60 bits per heavy atom. The number of aromatic hydroxyl groups is 1. The van der Waals surface area contributed by atoms with Crippen LogP contribution in [0.4, 0.5) is 0 Å². The molecule has 0 saturated heterocycles. The minimum Gasteiger partial charge on any atom is -0.492 e. The molecule has 54 valence electrons. The van der Waals surface area contributed by atoms with E-state index in [4.69, 9.17) is 10.8 Å². The first-order chi connectivity index (χ1) is 4.63. The van der Waals surface area contributed by atoms with Gasteiger partial charge in [-0.1, -0.05) is 0 Å². The van der Waals surface area contributed by atoms with Crippen LogP contribution in [0.15, 0.2) is 0 Å². The molecule has 10 heavy (non-hydrogen) atoms. The quantitative estimate of drug-likeness (QED) is 0.615. The van der Waals surface area contributed by atoms with Gasteiger partial charge in [0.25, 0.3) is 5.91 Å². The summed E-state index contributed by atoms with van der Waals surface area (Å²) >= 11 is 1.06. The summed E-state index contributed by atoms with van der Waals surface area (Å²) in [5, 5.41) is 8.90. The van der Waals surface area contributed by atoms with Gasteiger partial charge in [0.05, 0.1) is 0 Å². The third kappa shape index (κ3) is 0.950. The molecule has 0 unspecified atom stereocenters. The molecule has 1 rings (SSSR count). The van der Waals surface area contributed by atoms with Crippen LogP contribution >= 0.6 is 11.5 Å². The third-order valence-electron chi connectivity index (χ3n) is 1.09. The van der Waals surface area contributed by atoms with Crippen molar-refractivity contribution in [3.05, 3.63) is 10.4 Å². The summed E-state index contributed by atoms with van der Waals surface area (Å²) in [5.74, 6) is -0.904. The highest BCUT2D eigenvalue weighted by molar-refractivity contribution is 7.06. The molecule has 0 bridgehead atoms. The van der Waals surface area contributed by atoms with Gasteiger partial charge in [-0.2, -0.15) is 4.37 Å². The smallest absolute Gasteiger partial charge is 0.255 e. The van der Waals surface area contributed by atoms with Crippen LogP contribution in [-0.4, -0.2) is 15.4 Å². The first-order valence-electron chi connectivity index (χ1n) is 2.58. The van der Waals surface area contributed by atoms with E-state index in [-0.39, 0.29) is 11.4 Å². The number of nitrogens with two attached hydrogens (primary N) is 1. The van der Waals surface area contributed by atoms with Gasteiger partial charge in [0.2, 0.25) is 5.88 Å². The molecule has 0 atom stereocenters. The van der Waals surface area contributed by atoms with Gasteiger partial charge in [-0.3, -0.25) is 4.79 Å². The van der Waals surface area contributed by atoms with Crippen molar-refractivity contribution in [1.82, 2.24) is 4.37 Å². The normalized spacial score (nSPS) is 9.70. The van der Waals surface area contributed by atoms with Crippen molar-refractivity contribution in [3.63, 3.8) is 0 Å². The van der Waals surface area contributed by atoms with E-state index in [1.165, 1.54) is 0 Å². The molecule has 1 amide bonds. The number of primary amides is 1. The highest BCUT2D eigenvalue weighted by Gasteiger charge is 2.13. The first-order valence-corrected chi connectivity index (χ1v) is 3.35. The Balaban J connectivity index is 3.23. The summed E-state index contributed by atoms with van der Waals surface area (Å²) in [5.41, 5.74) is 5.06. The van der Waals surface area contributed by atoms with Crippen LogP contribution in [0.1, 0.15) is 15.2 Å². The van der Waals surface area contributed by atoms with Crippen LogP contribution in [0.25, 0.3) is 0 Å². The number of hydrogen-bond acceptors (Lipinski definition) is 4. The monoisotopic (exact) mass is 158 g/mol. The maximum Gasteiger partial charge on any atom is 0.255 e. The predicted octanol–water partition coefficient (Wildman–Crippen LogP) is 0.256. The third-order valence-corrected chi connectivity index (χ3v) is 1.83. The molecule has 0 aromatic carbocycles. The second kappa shape index (κ2) is 2.26. The van der Waals surface area contributed by atoms with Gasteiger partial charge in [-0.25, -0.2) is 0 Å². The lowest BCUT2D eigenvalue weighted by atomic mass is 10.3. The minimum atomic E-state index is -0.635. The average molecular weight is 158 g/mol. The predicted molar refractivity (Wildman–Crippen MR) is 37.0 cm³/mol. The first kappa shape index (κ1) is 7.01. The second-order valence-electron chi connectivity index (χ2n) is 1.80. The molecule has 3 N–H and O–H groups in total. The van der Waals surface area contributed by atoms with E-state index in [2.05, 4.69) is 4.37 Å². The standard InChI is InChI=1S/C5H6N2O2S/c1-2-3(4(6)8)5(9)7-10-2/h1H3,(H2,6,8)(H,7,9). The lowest BCUT2D eigenvalue weighted by Crippen LogP contribution is -2.11. The minimum absolute atomic E-state index is 0.130. The SMILES string of the molecule is Cc1snc(O)c1C(N)=O. The maximum absolute atomic E-state index is 10.5.